The van der Waals surface area contributed by atoms with Crippen LogP contribution in [0.1, 0.15) is 33.8 Å². The van der Waals surface area contributed by atoms with Gasteiger partial charge >= 0.3 is 11.6 Å². The summed E-state index contributed by atoms with van der Waals surface area (Å²) in [5, 5.41) is 13.8. The van der Waals surface area contributed by atoms with Gasteiger partial charge in [-0.2, -0.15) is 4.73 Å². The largest absolute Gasteiger partial charge is 0.618 e. The Bertz CT molecular complexity index is 879. The lowest BCUT2D eigenvalue weighted by atomic mass is 10.3. The maximum absolute atomic E-state index is 12.3. The van der Waals surface area contributed by atoms with E-state index >= 15 is 0 Å². The summed E-state index contributed by atoms with van der Waals surface area (Å²) in [4.78, 5) is 28.5. The Kier molecular flexibility index (Phi) is 5.67. The number of imide groups is 1. The maximum atomic E-state index is 12.3. The van der Waals surface area contributed by atoms with Crippen molar-refractivity contribution in [2.75, 3.05) is 13.7 Å². The third-order valence-corrected chi connectivity index (χ3v) is 4.34. The van der Waals surface area contributed by atoms with E-state index in [1.54, 1.807) is 0 Å². The molecule has 0 aromatic carbocycles. The van der Waals surface area contributed by atoms with E-state index in [1.807, 2.05) is 0 Å². The van der Waals surface area contributed by atoms with Crippen LogP contribution in [0.2, 0.25) is 10.0 Å². The van der Waals surface area contributed by atoms with Crippen LogP contribution in [0.3, 0.4) is 0 Å². The summed E-state index contributed by atoms with van der Waals surface area (Å²) in [5.74, 6) is -0.571. The Hall–Kier alpha value is -2.58. The molecule has 3 rings (SSSR count). The Morgan fingerprint density at radius 3 is 2.67 bits per heavy atom. The minimum Gasteiger partial charge on any atom is -0.618 e. The standard InChI is InChI=1S/C17H15Cl2N3O5/c1-26-14-6-20-12(5-13(14)27-8-9-2-3-9)16(23)21-17(24)15-11(19)4-10(18)7-22(15)25/h4-7,9H,2-3,8H2,1H3,(H,21,23,24). The summed E-state index contributed by atoms with van der Waals surface area (Å²) in [6.07, 6.45) is 4.49. The zero-order valence-corrected chi connectivity index (χ0v) is 15.7. The number of carbonyl (C=O) groups is 2. The molecule has 8 nitrogen and oxygen atoms in total. The van der Waals surface area contributed by atoms with Gasteiger partial charge in [0.25, 0.3) is 5.91 Å². The van der Waals surface area contributed by atoms with Crippen LogP contribution in [-0.2, 0) is 0 Å². The summed E-state index contributed by atoms with van der Waals surface area (Å²) in [6, 6.07) is 2.60. The van der Waals surface area contributed by atoms with E-state index in [9.17, 15) is 14.8 Å². The monoisotopic (exact) mass is 411 g/mol. The van der Waals surface area contributed by atoms with Gasteiger partial charge in [-0.3, -0.25) is 14.9 Å². The number of hydrogen-bond donors (Lipinski definition) is 1. The van der Waals surface area contributed by atoms with Crippen LogP contribution >= 0.6 is 23.2 Å². The first kappa shape index (κ1) is 19.2. The molecule has 1 saturated carbocycles. The first-order valence-corrected chi connectivity index (χ1v) is 8.75. The van der Waals surface area contributed by atoms with Gasteiger partial charge in [0.2, 0.25) is 0 Å². The van der Waals surface area contributed by atoms with Crippen LogP contribution in [0.25, 0.3) is 0 Å². The molecule has 10 heteroatoms. The minimum absolute atomic E-state index is 0.0622. The van der Waals surface area contributed by atoms with Crippen LogP contribution in [-0.4, -0.2) is 30.5 Å². The number of rotatable bonds is 6. The van der Waals surface area contributed by atoms with E-state index in [0.29, 0.717) is 24.0 Å². The lowest BCUT2D eigenvalue weighted by Gasteiger charge is -2.11. The molecule has 142 valence electrons. The highest BCUT2D eigenvalue weighted by Crippen LogP contribution is 2.32. The van der Waals surface area contributed by atoms with Gasteiger partial charge in [-0.15, -0.1) is 0 Å². The van der Waals surface area contributed by atoms with Gasteiger partial charge < -0.3 is 14.7 Å². The van der Waals surface area contributed by atoms with Crippen molar-refractivity contribution in [3.05, 3.63) is 51.2 Å². The average molecular weight is 412 g/mol. The quantitative estimate of drug-likeness (QED) is 0.444. The summed E-state index contributed by atoms with van der Waals surface area (Å²) < 4.78 is 11.0. The van der Waals surface area contributed by atoms with Gasteiger partial charge in [-0.25, -0.2) is 4.98 Å². The van der Waals surface area contributed by atoms with Crippen molar-refractivity contribution in [2.45, 2.75) is 12.8 Å². The molecule has 2 aromatic rings. The molecule has 0 bridgehead atoms. The highest BCUT2D eigenvalue weighted by Gasteiger charge is 2.26. The smallest absolute Gasteiger partial charge is 0.325 e. The SMILES string of the molecule is COc1cnc(C(=O)NC(=O)c2c(Cl)cc(Cl)c[n+]2[O-])cc1OCC1CC1. The van der Waals surface area contributed by atoms with Crippen molar-refractivity contribution in [3.8, 4) is 11.5 Å². The van der Waals surface area contributed by atoms with Gasteiger partial charge in [0.05, 0.1) is 19.9 Å². The number of hydrogen-bond acceptors (Lipinski definition) is 6. The minimum atomic E-state index is -0.977. The van der Waals surface area contributed by atoms with E-state index in [4.69, 9.17) is 32.7 Å². The summed E-state index contributed by atoms with van der Waals surface area (Å²) in [7, 11) is 1.46. The molecule has 0 saturated heterocycles. The number of aromatic nitrogens is 2. The normalized spacial score (nSPS) is 13.1. The van der Waals surface area contributed by atoms with Crippen molar-refractivity contribution in [2.24, 2.45) is 5.92 Å². The summed E-state index contributed by atoms with van der Waals surface area (Å²) in [5.41, 5.74) is -0.523. The topological polar surface area (TPSA) is 104 Å². The molecule has 0 spiro atoms. The fourth-order valence-electron chi connectivity index (χ4n) is 2.25. The van der Waals surface area contributed by atoms with Gasteiger partial charge in [-0.1, -0.05) is 23.2 Å². The summed E-state index contributed by atoms with van der Waals surface area (Å²) >= 11 is 11.6. The molecule has 2 amide bonds. The van der Waals surface area contributed by atoms with Crippen molar-refractivity contribution in [3.63, 3.8) is 0 Å². The van der Waals surface area contributed by atoms with Crippen molar-refractivity contribution in [1.29, 1.82) is 0 Å². The first-order chi connectivity index (χ1) is 12.9. The number of halogens is 2. The highest BCUT2D eigenvalue weighted by atomic mass is 35.5. The molecule has 0 unspecified atom stereocenters. The first-order valence-electron chi connectivity index (χ1n) is 7.99. The van der Waals surface area contributed by atoms with Gasteiger partial charge in [0, 0.05) is 6.07 Å². The van der Waals surface area contributed by atoms with Gasteiger partial charge in [0.15, 0.2) is 17.7 Å². The number of ether oxygens (including phenoxy) is 2. The molecule has 0 aliphatic heterocycles. The van der Waals surface area contributed by atoms with Crippen LogP contribution < -0.4 is 19.5 Å². The lowest BCUT2D eigenvalue weighted by molar-refractivity contribution is -0.607. The number of nitrogens with one attached hydrogen (secondary N) is 1. The zero-order chi connectivity index (χ0) is 19.6. The molecule has 2 heterocycles. The van der Waals surface area contributed by atoms with Gasteiger partial charge in [0.1, 0.15) is 15.7 Å². The second-order valence-corrected chi connectivity index (χ2v) is 6.78. The summed E-state index contributed by atoms with van der Waals surface area (Å²) in [6.45, 7) is 0.511. The number of methoxy groups -OCH3 is 1. The fraction of sp³-hybridized carbons (Fsp3) is 0.294. The van der Waals surface area contributed by atoms with Crippen LogP contribution in [0.15, 0.2) is 24.5 Å². The van der Waals surface area contributed by atoms with Crippen molar-refractivity contribution >= 4 is 35.0 Å². The molecule has 0 atom stereocenters. The fourth-order valence-corrected chi connectivity index (χ4v) is 2.79. The highest BCUT2D eigenvalue weighted by molar-refractivity contribution is 6.36. The Morgan fingerprint density at radius 2 is 2.04 bits per heavy atom. The zero-order valence-electron chi connectivity index (χ0n) is 14.2. The Balaban J connectivity index is 1.77. The van der Waals surface area contributed by atoms with E-state index in [-0.39, 0.29) is 20.5 Å². The second kappa shape index (κ2) is 7.98. The van der Waals surface area contributed by atoms with Crippen LogP contribution in [0, 0.1) is 11.1 Å². The number of carbonyl (C=O) groups excluding carboxylic acids is 2. The van der Waals surface area contributed by atoms with Crippen molar-refractivity contribution in [1.82, 2.24) is 10.3 Å². The van der Waals surface area contributed by atoms with E-state index in [1.165, 1.54) is 25.4 Å². The Morgan fingerprint density at radius 1 is 1.30 bits per heavy atom. The van der Waals surface area contributed by atoms with Crippen LogP contribution in [0.5, 0.6) is 11.5 Å². The molecule has 2 aromatic heterocycles. The van der Waals surface area contributed by atoms with E-state index in [2.05, 4.69) is 10.3 Å². The second-order valence-electron chi connectivity index (χ2n) is 5.94. The average Bonchev–Trinajstić information content (AvgIpc) is 3.43. The molecular weight excluding hydrogens is 397 g/mol. The van der Waals surface area contributed by atoms with E-state index in [0.717, 1.165) is 19.0 Å². The van der Waals surface area contributed by atoms with Crippen LogP contribution in [0.4, 0.5) is 0 Å². The van der Waals surface area contributed by atoms with Gasteiger partial charge in [-0.05, 0) is 24.8 Å². The lowest BCUT2D eigenvalue weighted by Crippen LogP contribution is -2.42. The Labute approximate surface area is 164 Å². The predicted octanol–water partition coefficient (Wildman–Crippen LogP) is 2.39. The molecule has 1 aliphatic carbocycles. The maximum Gasteiger partial charge on any atom is 0.325 e. The number of pyridine rings is 2. The number of nitrogens with zero attached hydrogens (tertiary/aromatic N) is 2. The molecule has 0 radical (unpaired) electrons. The molecule has 1 aliphatic rings. The van der Waals surface area contributed by atoms with E-state index < -0.39 is 17.5 Å². The number of amides is 2. The molecule has 27 heavy (non-hydrogen) atoms. The third-order valence-electron chi connectivity index (χ3n) is 3.85. The molecule has 1 N–H and O–H groups in total. The third kappa shape index (κ3) is 4.58. The van der Waals surface area contributed by atoms with Crippen molar-refractivity contribution < 1.29 is 23.8 Å². The molecular formula is C17H15Cl2N3O5. The molecule has 1 fully saturated rings. The predicted molar refractivity (Wildman–Crippen MR) is 96.2 cm³/mol.